The van der Waals surface area contributed by atoms with Crippen molar-refractivity contribution in [2.75, 3.05) is 0 Å². The van der Waals surface area contributed by atoms with E-state index in [1.807, 2.05) is 0 Å². The highest BCUT2D eigenvalue weighted by Crippen LogP contribution is 2.31. The summed E-state index contributed by atoms with van der Waals surface area (Å²) in [6.07, 6.45) is 2.88. The second-order valence-corrected chi connectivity index (χ2v) is 6.28. The molecule has 0 aliphatic carbocycles. The van der Waals surface area contributed by atoms with Gasteiger partial charge in [0.15, 0.2) is 5.82 Å². The third-order valence-corrected chi connectivity index (χ3v) is 4.47. The molecule has 2 aromatic heterocycles. The van der Waals surface area contributed by atoms with Crippen LogP contribution in [-0.4, -0.2) is 31.9 Å². The molecular formula is C17H13N5O6. The summed E-state index contributed by atoms with van der Waals surface area (Å²) in [5.74, 6) is -0.178. The predicted octanol–water partition coefficient (Wildman–Crippen LogP) is 2.21. The molecule has 1 aliphatic rings. The van der Waals surface area contributed by atoms with Gasteiger partial charge in [0.25, 0.3) is 17.5 Å². The van der Waals surface area contributed by atoms with Crippen molar-refractivity contribution >= 4 is 17.6 Å². The molecule has 1 saturated heterocycles. The molecule has 0 radical (unpaired) electrons. The minimum atomic E-state index is -1.36. The van der Waals surface area contributed by atoms with Gasteiger partial charge in [0.2, 0.25) is 0 Å². The molecule has 1 N–H and O–H groups in total. The Bertz CT molecular complexity index is 1060. The Balaban J connectivity index is 1.56. The van der Waals surface area contributed by atoms with Crippen molar-refractivity contribution in [3.63, 3.8) is 0 Å². The van der Waals surface area contributed by atoms with Gasteiger partial charge in [-0.1, -0.05) is 5.16 Å². The summed E-state index contributed by atoms with van der Waals surface area (Å²) < 4.78 is 10.1. The number of hydrogen-bond donors (Lipinski definition) is 1. The molecule has 4 rings (SSSR count). The number of urea groups is 1. The Morgan fingerprint density at radius 3 is 2.64 bits per heavy atom. The first kappa shape index (κ1) is 17.4. The molecular weight excluding hydrogens is 370 g/mol. The fourth-order valence-corrected chi connectivity index (χ4v) is 2.92. The van der Waals surface area contributed by atoms with Crippen molar-refractivity contribution in [2.24, 2.45) is 0 Å². The summed E-state index contributed by atoms with van der Waals surface area (Å²) in [5.41, 5.74) is -0.471. The van der Waals surface area contributed by atoms with Crippen LogP contribution >= 0.6 is 0 Å². The summed E-state index contributed by atoms with van der Waals surface area (Å²) in [4.78, 5) is 40.7. The zero-order valence-electron chi connectivity index (χ0n) is 14.5. The van der Waals surface area contributed by atoms with Crippen LogP contribution in [-0.2, 0) is 16.9 Å². The Hall–Kier alpha value is -4.02. The lowest BCUT2D eigenvalue weighted by atomic mass is 9.92. The lowest BCUT2D eigenvalue weighted by Gasteiger charge is -2.21. The zero-order chi connectivity index (χ0) is 19.9. The monoisotopic (exact) mass is 383 g/mol. The number of furan rings is 1. The van der Waals surface area contributed by atoms with Crippen LogP contribution < -0.4 is 5.32 Å². The summed E-state index contributed by atoms with van der Waals surface area (Å²) in [5, 5.41) is 17.2. The molecule has 0 spiro atoms. The minimum Gasteiger partial charge on any atom is -0.472 e. The van der Waals surface area contributed by atoms with Gasteiger partial charge in [0, 0.05) is 12.1 Å². The Kier molecular flexibility index (Phi) is 3.91. The normalized spacial score (nSPS) is 19.1. The largest absolute Gasteiger partial charge is 0.472 e. The molecule has 28 heavy (non-hydrogen) atoms. The number of aromatic nitrogens is 2. The maximum Gasteiger partial charge on any atom is 0.325 e. The number of rotatable bonds is 5. The van der Waals surface area contributed by atoms with Gasteiger partial charge in [0.1, 0.15) is 11.8 Å². The van der Waals surface area contributed by atoms with E-state index in [-0.39, 0.29) is 23.9 Å². The predicted molar refractivity (Wildman–Crippen MR) is 91.5 cm³/mol. The number of carbonyl (C=O) groups excluding carboxylic acids is 2. The Morgan fingerprint density at radius 1 is 1.25 bits per heavy atom. The van der Waals surface area contributed by atoms with Gasteiger partial charge in [-0.2, -0.15) is 4.98 Å². The highest BCUT2D eigenvalue weighted by Gasteiger charge is 2.49. The first-order valence-corrected chi connectivity index (χ1v) is 8.12. The average Bonchev–Trinajstić information content (AvgIpc) is 3.40. The number of imide groups is 1. The molecule has 1 fully saturated rings. The first-order valence-electron chi connectivity index (χ1n) is 8.12. The summed E-state index contributed by atoms with van der Waals surface area (Å²) in [7, 11) is 0. The van der Waals surface area contributed by atoms with Crippen LogP contribution in [0.3, 0.4) is 0 Å². The molecule has 1 aliphatic heterocycles. The summed E-state index contributed by atoms with van der Waals surface area (Å²) in [6, 6.07) is 6.44. The molecule has 3 aromatic rings. The number of hydrogen-bond acceptors (Lipinski definition) is 8. The Morgan fingerprint density at radius 2 is 2.00 bits per heavy atom. The van der Waals surface area contributed by atoms with E-state index in [9.17, 15) is 19.7 Å². The second-order valence-electron chi connectivity index (χ2n) is 6.28. The number of non-ortho nitro benzene ring substituents is 1. The second kappa shape index (κ2) is 6.30. The number of nitro groups is 1. The number of nitrogens with zero attached hydrogens (tertiary/aromatic N) is 4. The maximum absolute atomic E-state index is 12.9. The molecule has 11 heteroatoms. The zero-order valence-corrected chi connectivity index (χ0v) is 14.5. The van der Waals surface area contributed by atoms with Crippen molar-refractivity contribution in [2.45, 2.75) is 19.0 Å². The van der Waals surface area contributed by atoms with Crippen LogP contribution in [0.4, 0.5) is 10.5 Å². The quantitative estimate of drug-likeness (QED) is 0.401. The molecule has 0 saturated carbocycles. The number of benzene rings is 1. The highest BCUT2D eigenvalue weighted by atomic mass is 16.6. The lowest BCUT2D eigenvalue weighted by Crippen LogP contribution is -2.40. The third-order valence-electron chi connectivity index (χ3n) is 4.47. The topological polar surface area (TPSA) is 145 Å². The van der Waals surface area contributed by atoms with Gasteiger partial charge < -0.3 is 14.3 Å². The van der Waals surface area contributed by atoms with Crippen molar-refractivity contribution in [1.82, 2.24) is 20.4 Å². The molecule has 11 nitrogen and oxygen atoms in total. The standard InChI is InChI=1S/C17H13N5O6/c1-17(11-2-4-12(5-3-11)22(25)26)15(23)21(16(24)19-17)8-13-18-14(28-20-13)10-6-7-27-9-10/h2-7,9H,8H2,1H3,(H,19,24). The van der Waals surface area contributed by atoms with E-state index in [4.69, 9.17) is 8.94 Å². The Labute approximate surface area is 157 Å². The SMILES string of the molecule is CC1(c2ccc([N+](=O)[O-])cc2)NC(=O)N(Cc2noc(-c3ccoc3)n2)C1=O. The maximum atomic E-state index is 12.9. The molecule has 3 heterocycles. The molecule has 142 valence electrons. The summed E-state index contributed by atoms with van der Waals surface area (Å²) in [6.45, 7) is 1.34. The van der Waals surface area contributed by atoms with E-state index >= 15 is 0 Å². The van der Waals surface area contributed by atoms with E-state index in [0.717, 1.165) is 4.90 Å². The van der Waals surface area contributed by atoms with Crippen LogP contribution in [0.15, 0.2) is 51.8 Å². The lowest BCUT2D eigenvalue weighted by molar-refractivity contribution is -0.384. The van der Waals surface area contributed by atoms with Gasteiger partial charge in [-0.3, -0.25) is 19.8 Å². The van der Waals surface area contributed by atoms with Crippen molar-refractivity contribution in [3.8, 4) is 11.5 Å². The van der Waals surface area contributed by atoms with Crippen molar-refractivity contribution < 1.29 is 23.5 Å². The summed E-state index contributed by atoms with van der Waals surface area (Å²) >= 11 is 0. The van der Waals surface area contributed by atoms with Crippen LogP contribution in [0.25, 0.3) is 11.5 Å². The van der Waals surface area contributed by atoms with Crippen molar-refractivity contribution in [3.05, 3.63) is 64.4 Å². The van der Waals surface area contributed by atoms with Crippen LogP contribution in [0.1, 0.15) is 18.3 Å². The average molecular weight is 383 g/mol. The molecule has 1 atom stereocenters. The number of carbonyl (C=O) groups is 2. The molecule has 1 aromatic carbocycles. The van der Waals surface area contributed by atoms with Crippen LogP contribution in [0.2, 0.25) is 0 Å². The molecule has 0 bridgehead atoms. The number of nitro benzene ring substituents is 1. The fraction of sp³-hybridized carbons (Fsp3) is 0.176. The van der Waals surface area contributed by atoms with E-state index in [2.05, 4.69) is 15.5 Å². The van der Waals surface area contributed by atoms with Gasteiger partial charge in [-0.05, 0) is 30.7 Å². The van der Waals surface area contributed by atoms with Crippen LogP contribution in [0.5, 0.6) is 0 Å². The van der Waals surface area contributed by atoms with Crippen molar-refractivity contribution in [1.29, 1.82) is 0 Å². The first-order chi connectivity index (χ1) is 13.4. The highest BCUT2D eigenvalue weighted by molar-refractivity contribution is 6.07. The number of nitrogens with one attached hydrogen (secondary N) is 1. The molecule has 3 amide bonds. The van der Waals surface area contributed by atoms with E-state index < -0.39 is 22.4 Å². The van der Waals surface area contributed by atoms with Gasteiger partial charge in [0.05, 0.1) is 23.3 Å². The number of amides is 3. The van der Waals surface area contributed by atoms with Crippen LogP contribution in [0, 0.1) is 10.1 Å². The van der Waals surface area contributed by atoms with E-state index in [0.29, 0.717) is 11.1 Å². The minimum absolute atomic E-state index is 0.112. The van der Waals surface area contributed by atoms with Gasteiger partial charge in [-0.15, -0.1) is 0 Å². The fourth-order valence-electron chi connectivity index (χ4n) is 2.92. The molecule has 1 unspecified atom stereocenters. The smallest absolute Gasteiger partial charge is 0.325 e. The third kappa shape index (κ3) is 2.78. The van der Waals surface area contributed by atoms with Gasteiger partial charge >= 0.3 is 6.03 Å². The van der Waals surface area contributed by atoms with E-state index in [1.54, 1.807) is 6.07 Å². The van der Waals surface area contributed by atoms with E-state index in [1.165, 1.54) is 43.7 Å². The van der Waals surface area contributed by atoms with Gasteiger partial charge in [-0.25, -0.2) is 4.79 Å².